The van der Waals surface area contributed by atoms with Crippen molar-refractivity contribution in [2.75, 3.05) is 13.1 Å². The molecule has 6 heteroatoms. The molecule has 1 amide bonds. The van der Waals surface area contributed by atoms with Crippen LogP contribution in [0, 0.1) is 6.92 Å². The first kappa shape index (κ1) is 11.4. The van der Waals surface area contributed by atoms with Crippen LogP contribution in [0.4, 0.5) is 0 Å². The van der Waals surface area contributed by atoms with E-state index in [4.69, 9.17) is 0 Å². The summed E-state index contributed by atoms with van der Waals surface area (Å²) in [5.74, 6) is 1.27. The Kier molecular flexibility index (Phi) is 2.66. The van der Waals surface area contributed by atoms with Crippen LogP contribution in [-0.4, -0.2) is 38.7 Å². The monoisotopic (exact) mass is 262 g/mol. The molecule has 2 aromatic heterocycles. The molecule has 0 saturated heterocycles. The van der Waals surface area contributed by atoms with Crippen LogP contribution >= 0.6 is 11.3 Å². The molecule has 0 aromatic carbocycles. The van der Waals surface area contributed by atoms with Crippen LogP contribution < -0.4 is 0 Å². The highest BCUT2D eigenvalue weighted by atomic mass is 32.1. The fraction of sp³-hybridized carbons (Fsp3) is 0.417. The molecule has 0 saturated carbocycles. The largest absolute Gasteiger partial charge is 0.334 e. The summed E-state index contributed by atoms with van der Waals surface area (Å²) >= 11 is 1.64. The first-order chi connectivity index (χ1) is 8.72. The topological polar surface area (TPSA) is 51.0 Å². The maximum absolute atomic E-state index is 12.1. The van der Waals surface area contributed by atoms with Crippen molar-refractivity contribution in [2.24, 2.45) is 0 Å². The van der Waals surface area contributed by atoms with E-state index in [9.17, 15) is 4.79 Å². The number of nitrogens with zero attached hydrogens (tertiary/aromatic N) is 4. The molecule has 0 atom stereocenters. The summed E-state index contributed by atoms with van der Waals surface area (Å²) in [6.45, 7) is 6.26. The van der Waals surface area contributed by atoms with E-state index in [1.54, 1.807) is 16.2 Å². The zero-order chi connectivity index (χ0) is 12.7. The van der Waals surface area contributed by atoms with Crippen molar-refractivity contribution in [3.8, 4) is 10.7 Å². The molecule has 2 aromatic rings. The average molecular weight is 262 g/mol. The lowest BCUT2D eigenvalue weighted by Crippen LogP contribution is -2.40. The van der Waals surface area contributed by atoms with E-state index in [-0.39, 0.29) is 5.91 Å². The quantitative estimate of drug-likeness (QED) is 0.829. The van der Waals surface area contributed by atoms with Gasteiger partial charge in [-0.25, -0.2) is 0 Å². The van der Waals surface area contributed by atoms with Crippen molar-refractivity contribution in [1.82, 2.24) is 19.7 Å². The Morgan fingerprint density at radius 3 is 2.78 bits per heavy atom. The van der Waals surface area contributed by atoms with Crippen LogP contribution in [0.15, 0.2) is 11.4 Å². The minimum Gasteiger partial charge on any atom is -0.334 e. The van der Waals surface area contributed by atoms with Gasteiger partial charge in [0.2, 0.25) is 5.82 Å². The number of amides is 1. The van der Waals surface area contributed by atoms with Crippen LogP contribution in [0.3, 0.4) is 0 Å². The van der Waals surface area contributed by atoms with Gasteiger partial charge in [-0.3, -0.25) is 4.79 Å². The van der Waals surface area contributed by atoms with Gasteiger partial charge in [-0.05, 0) is 30.9 Å². The van der Waals surface area contributed by atoms with Crippen molar-refractivity contribution in [3.63, 3.8) is 0 Å². The third-order valence-electron chi connectivity index (χ3n) is 3.27. The number of rotatable bonds is 2. The lowest BCUT2D eigenvalue weighted by atomic mass is 10.2. The van der Waals surface area contributed by atoms with Gasteiger partial charge in [0.15, 0.2) is 5.82 Å². The third-order valence-corrected chi connectivity index (χ3v) is 4.28. The number of hydrogen-bond donors (Lipinski definition) is 0. The van der Waals surface area contributed by atoms with Crippen molar-refractivity contribution in [3.05, 3.63) is 22.8 Å². The molecule has 0 unspecified atom stereocenters. The van der Waals surface area contributed by atoms with Crippen molar-refractivity contribution in [1.29, 1.82) is 0 Å². The molecule has 0 fully saturated rings. The summed E-state index contributed by atoms with van der Waals surface area (Å²) in [5, 5.41) is 10.3. The SMILES string of the molecule is CCN1CCn2c(nnc2-c2sccc2C)C1=O. The normalized spacial score (nSPS) is 15.0. The molecule has 0 aliphatic carbocycles. The van der Waals surface area contributed by atoms with Gasteiger partial charge in [0.25, 0.3) is 5.91 Å². The molecule has 0 bridgehead atoms. The fourth-order valence-electron chi connectivity index (χ4n) is 2.21. The molecule has 0 spiro atoms. The number of likely N-dealkylation sites (N-methyl/N-ethyl adjacent to an activating group) is 1. The number of hydrogen-bond acceptors (Lipinski definition) is 4. The summed E-state index contributed by atoms with van der Waals surface area (Å²) in [6, 6.07) is 2.06. The molecule has 94 valence electrons. The highest BCUT2D eigenvalue weighted by Gasteiger charge is 2.28. The summed E-state index contributed by atoms with van der Waals surface area (Å²) < 4.78 is 1.94. The van der Waals surface area contributed by atoms with Gasteiger partial charge < -0.3 is 9.47 Å². The van der Waals surface area contributed by atoms with Gasteiger partial charge >= 0.3 is 0 Å². The third kappa shape index (κ3) is 1.56. The fourth-order valence-corrected chi connectivity index (χ4v) is 3.13. The molecule has 0 N–H and O–H groups in total. The summed E-state index contributed by atoms with van der Waals surface area (Å²) in [6.07, 6.45) is 0. The Hall–Kier alpha value is -1.69. The number of thiophene rings is 1. The first-order valence-electron chi connectivity index (χ1n) is 5.99. The number of carbonyl (C=O) groups is 1. The number of aromatic nitrogens is 3. The van der Waals surface area contributed by atoms with Gasteiger partial charge in [-0.15, -0.1) is 21.5 Å². The molecular formula is C12H14N4OS. The Balaban J connectivity index is 2.07. The van der Waals surface area contributed by atoms with Crippen molar-refractivity contribution in [2.45, 2.75) is 20.4 Å². The minimum atomic E-state index is -0.0169. The Morgan fingerprint density at radius 2 is 2.11 bits per heavy atom. The van der Waals surface area contributed by atoms with Gasteiger partial charge in [-0.1, -0.05) is 0 Å². The van der Waals surface area contributed by atoms with E-state index in [0.717, 1.165) is 30.3 Å². The average Bonchev–Trinajstić information content (AvgIpc) is 2.96. The van der Waals surface area contributed by atoms with E-state index >= 15 is 0 Å². The summed E-state index contributed by atoms with van der Waals surface area (Å²) in [5.41, 5.74) is 1.18. The zero-order valence-electron chi connectivity index (χ0n) is 10.4. The standard InChI is InChI=1S/C12H14N4OS/c1-3-15-5-6-16-10(9-8(2)4-7-18-9)13-14-11(16)12(15)17/h4,7H,3,5-6H2,1-2H3. The smallest absolute Gasteiger partial charge is 0.291 e. The van der Waals surface area contributed by atoms with Crippen LogP contribution in [0.2, 0.25) is 0 Å². The maximum Gasteiger partial charge on any atom is 0.291 e. The van der Waals surface area contributed by atoms with Crippen LogP contribution in [-0.2, 0) is 6.54 Å². The molecule has 1 aliphatic rings. The van der Waals surface area contributed by atoms with E-state index < -0.39 is 0 Å². The predicted molar refractivity (Wildman–Crippen MR) is 69.6 cm³/mol. The highest BCUT2D eigenvalue weighted by molar-refractivity contribution is 7.13. The van der Waals surface area contributed by atoms with Gasteiger partial charge in [0, 0.05) is 19.6 Å². The van der Waals surface area contributed by atoms with Crippen LogP contribution in [0.5, 0.6) is 0 Å². The lowest BCUT2D eigenvalue weighted by Gasteiger charge is -2.26. The Morgan fingerprint density at radius 1 is 1.33 bits per heavy atom. The molecular weight excluding hydrogens is 248 g/mol. The second-order valence-electron chi connectivity index (χ2n) is 4.32. The van der Waals surface area contributed by atoms with Gasteiger partial charge in [0.1, 0.15) is 0 Å². The van der Waals surface area contributed by atoms with E-state index in [0.29, 0.717) is 5.82 Å². The second-order valence-corrected chi connectivity index (χ2v) is 5.23. The molecule has 3 heterocycles. The van der Waals surface area contributed by atoms with E-state index in [1.165, 1.54) is 5.56 Å². The lowest BCUT2D eigenvalue weighted by molar-refractivity contribution is 0.0707. The molecule has 18 heavy (non-hydrogen) atoms. The molecule has 0 radical (unpaired) electrons. The van der Waals surface area contributed by atoms with E-state index in [1.807, 2.05) is 16.9 Å². The number of carbonyl (C=O) groups excluding carboxylic acids is 1. The van der Waals surface area contributed by atoms with Crippen molar-refractivity contribution >= 4 is 17.2 Å². The molecule has 3 rings (SSSR count). The second kappa shape index (κ2) is 4.20. The molecule has 1 aliphatic heterocycles. The zero-order valence-corrected chi connectivity index (χ0v) is 11.2. The Bertz CT molecular complexity index is 601. The predicted octanol–water partition coefficient (Wildman–Crippen LogP) is 1.79. The van der Waals surface area contributed by atoms with Crippen molar-refractivity contribution < 1.29 is 4.79 Å². The highest BCUT2D eigenvalue weighted by Crippen LogP contribution is 2.29. The van der Waals surface area contributed by atoms with E-state index in [2.05, 4.69) is 23.2 Å². The Labute approximate surface area is 109 Å². The minimum absolute atomic E-state index is 0.0169. The maximum atomic E-state index is 12.1. The van der Waals surface area contributed by atoms with Crippen LogP contribution in [0.1, 0.15) is 23.1 Å². The van der Waals surface area contributed by atoms with Gasteiger partial charge in [-0.2, -0.15) is 0 Å². The van der Waals surface area contributed by atoms with Crippen LogP contribution in [0.25, 0.3) is 10.7 Å². The summed E-state index contributed by atoms with van der Waals surface area (Å²) in [7, 11) is 0. The number of fused-ring (bicyclic) bond motifs is 1. The van der Waals surface area contributed by atoms with Gasteiger partial charge in [0.05, 0.1) is 4.88 Å². The first-order valence-corrected chi connectivity index (χ1v) is 6.87. The summed E-state index contributed by atoms with van der Waals surface area (Å²) in [4.78, 5) is 15.0. The number of aryl methyl sites for hydroxylation is 1. The molecule has 5 nitrogen and oxygen atoms in total.